The first-order valence-electron chi connectivity index (χ1n) is 6.14. The molecule has 0 unspecified atom stereocenters. The van der Waals surface area contributed by atoms with Crippen molar-refractivity contribution in [2.24, 2.45) is 5.73 Å². The SMILES string of the molecule is CC(C)c1ccc(Sc2cc(C(=N)N)ccn2)cc1. The summed E-state index contributed by atoms with van der Waals surface area (Å²) in [6.45, 7) is 4.36. The van der Waals surface area contributed by atoms with Gasteiger partial charge in [0, 0.05) is 16.7 Å². The van der Waals surface area contributed by atoms with Crippen LogP contribution >= 0.6 is 11.8 Å². The van der Waals surface area contributed by atoms with E-state index in [9.17, 15) is 0 Å². The minimum Gasteiger partial charge on any atom is -0.384 e. The summed E-state index contributed by atoms with van der Waals surface area (Å²) in [5, 5.41) is 8.28. The van der Waals surface area contributed by atoms with Gasteiger partial charge in [0.05, 0.1) is 0 Å². The predicted octanol–water partition coefficient (Wildman–Crippen LogP) is 3.64. The predicted molar refractivity (Wildman–Crippen MR) is 79.9 cm³/mol. The van der Waals surface area contributed by atoms with Crippen molar-refractivity contribution in [3.05, 3.63) is 53.7 Å². The van der Waals surface area contributed by atoms with E-state index in [0.29, 0.717) is 11.5 Å². The molecule has 0 atom stereocenters. The fourth-order valence-corrected chi connectivity index (χ4v) is 2.49. The maximum Gasteiger partial charge on any atom is 0.122 e. The summed E-state index contributed by atoms with van der Waals surface area (Å²) in [5.41, 5.74) is 7.51. The van der Waals surface area contributed by atoms with Crippen molar-refractivity contribution in [1.82, 2.24) is 4.98 Å². The van der Waals surface area contributed by atoms with Gasteiger partial charge in [0.15, 0.2) is 0 Å². The standard InChI is InChI=1S/C15H17N3S/c1-10(2)11-3-5-13(6-4-11)19-14-9-12(15(16)17)7-8-18-14/h3-10H,1-2H3,(H3,16,17). The quantitative estimate of drug-likeness (QED) is 0.659. The average Bonchev–Trinajstić information content (AvgIpc) is 2.39. The molecule has 2 aromatic rings. The molecule has 1 heterocycles. The van der Waals surface area contributed by atoms with Crippen molar-refractivity contribution in [2.45, 2.75) is 29.7 Å². The van der Waals surface area contributed by atoms with Gasteiger partial charge in [0.25, 0.3) is 0 Å². The van der Waals surface area contributed by atoms with Crippen LogP contribution in [-0.4, -0.2) is 10.8 Å². The fourth-order valence-electron chi connectivity index (χ4n) is 1.67. The zero-order valence-electron chi connectivity index (χ0n) is 11.1. The molecule has 4 heteroatoms. The summed E-state index contributed by atoms with van der Waals surface area (Å²) in [5.74, 6) is 0.609. The Balaban J connectivity index is 2.16. The highest BCUT2D eigenvalue weighted by atomic mass is 32.2. The van der Waals surface area contributed by atoms with Gasteiger partial charge in [0.1, 0.15) is 10.9 Å². The molecule has 0 aliphatic heterocycles. The van der Waals surface area contributed by atoms with Gasteiger partial charge in [0.2, 0.25) is 0 Å². The van der Waals surface area contributed by atoms with Crippen molar-refractivity contribution >= 4 is 17.6 Å². The second kappa shape index (κ2) is 5.89. The van der Waals surface area contributed by atoms with E-state index in [0.717, 1.165) is 9.92 Å². The molecule has 0 amide bonds. The fraction of sp³-hybridized carbons (Fsp3) is 0.200. The van der Waals surface area contributed by atoms with E-state index in [4.69, 9.17) is 11.1 Å². The summed E-state index contributed by atoms with van der Waals surface area (Å²) >= 11 is 1.58. The molecular formula is C15H17N3S. The zero-order valence-corrected chi connectivity index (χ0v) is 11.9. The lowest BCUT2D eigenvalue weighted by molar-refractivity contribution is 0.865. The molecule has 1 aromatic carbocycles. The molecule has 19 heavy (non-hydrogen) atoms. The van der Waals surface area contributed by atoms with Gasteiger partial charge >= 0.3 is 0 Å². The van der Waals surface area contributed by atoms with Crippen LogP contribution in [0.4, 0.5) is 0 Å². The Morgan fingerprint density at radius 1 is 1.21 bits per heavy atom. The van der Waals surface area contributed by atoms with E-state index < -0.39 is 0 Å². The number of benzene rings is 1. The molecular weight excluding hydrogens is 254 g/mol. The van der Waals surface area contributed by atoms with Crippen molar-refractivity contribution < 1.29 is 0 Å². The third-order valence-electron chi connectivity index (χ3n) is 2.82. The maximum absolute atomic E-state index is 7.43. The van der Waals surface area contributed by atoms with Crippen molar-refractivity contribution in [2.75, 3.05) is 0 Å². The highest BCUT2D eigenvalue weighted by Crippen LogP contribution is 2.27. The Labute approximate surface area is 117 Å². The van der Waals surface area contributed by atoms with Gasteiger partial charge in [-0.2, -0.15) is 0 Å². The highest BCUT2D eigenvalue weighted by Gasteiger charge is 2.03. The first kappa shape index (κ1) is 13.6. The molecule has 0 aliphatic carbocycles. The molecule has 0 radical (unpaired) electrons. The normalized spacial score (nSPS) is 10.7. The number of hydrogen-bond acceptors (Lipinski definition) is 3. The van der Waals surface area contributed by atoms with Crippen molar-refractivity contribution in [1.29, 1.82) is 5.41 Å². The molecule has 3 N–H and O–H groups in total. The number of rotatable bonds is 4. The van der Waals surface area contributed by atoms with E-state index in [-0.39, 0.29) is 5.84 Å². The molecule has 0 saturated carbocycles. The third kappa shape index (κ3) is 3.58. The number of nitrogen functional groups attached to an aromatic ring is 1. The lowest BCUT2D eigenvalue weighted by Crippen LogP contribution is -2.10. The van der Waals surface area contributed by atoms with Crippen LogP contribution in [0.1, 0.15) is 30.9 Å². The van der Waals surface area contributed by atoms with Gasteiger partial charge in [-0.3, -0.25) is 5.41 Å². The van der Waals surface area contributed by atoms with Crippen LogP contribution in [0, 0.1) is 5.41 Å². The Hall–Kier alpha value is -1.81. The lowest BCUT2D eigenvalue weighted by atomic mass is 10.0. The number of nitrogens with two attached hydrogens (primary N) is 1. The molecule has 2 rings (SSSR count). The van der Waals surface area contributed by atoms with Crippen LogP contribution < -0.4 is 5.73 Å². The minimum atomic E-state index is 0.0689. The van der Waals surface area contributed by atoms with Gasteiger partial charge < -0.3 is 5.73 Å². The second-order valence-electron chi connectivity index (χ2n) is 4.62. The van der Waals surface area contributed by atoms with E-state index in [1.807, 2.05) is 6.07 Å². The summed E-state index contributed by atoms with van der Waals surface area (Å²) in [7, 11) is 0. The van der Waals surface area contributed by atoms with E-state index in [2.05, 4.69) is 43.1 Å². The highest BCUT2D eigenvalue weighted by molar-refractivity contribution is 7.99. The summed E-state index contributed by atoms with van der Waals surface area (Å²) in [6.07, 6.45) is 1.68. The average molecular weight is 271 g/mol. The van der Waals surface area contributed by atoms with Crippen LogP contribution in [-0.2, 0) is 0 Å². The molecule has 1 aromatic heterocycles. The van der Waals surface area contributed by atoms with Gasteiger partial charge in [-0.05, 0) is 35.7 Å². The van der Waals surface area contributed by atoms with Crippen LogP contribution in [0.15, 0.2) is 52.5 Å². The topological polar surface area (TPSA) is 62.8 Å². The lowest BCUT2D eigenvalue weighted by Gasteiger charge is -2.07. The Morgan fingerprint density at radius 2 is 1.89 bits per heavy atom. The maximum atomic E-state index is 7.43. The van der Waals surface area contributed by atoms with Crippen LogP contribution in [0.3, 0.4) is 0 Å². The first-order valence-corrected chi connectivity index (χ1v) is 6.96. The number of amidine groups is 1. The molecule has 0 fully saturated rings. The van der Waals surface area contributed by atoms with E-state index >= 15 is 0 Å². The summed E-state index contributed by atoms with van der Waals surface area (Å²) in [6, 6.07) is 12.1. The van der Waals surface area contributed by atoms with Gasteiger partial charge in [-0.25, -0.2) is 4.98 Å². The van der Waals surface area contributed by atoms with E-state index in [1.54, 1.807) is 24.0 Å². The Kier molecular flexibility index (Phi) is 4.22. The number of nitrogens with one attached hydrogen (secondary N) is 1. The molecule has 0 aliphatic rings. The largest absolute Gasteiger partial charge is 0.384 e. The monoisotopic (exact) mass is 271 g/mol. The van der Waals surface area contributed by atoms with Gasteiger partial charge in [-0.1, -0.05) is 37.7 Å². The van der Waals surface area contributed by atoms with E-state index in [1.165, 1.54) is 5.56 Å². The number of nitrogens with zero attached hydrogens (tertiary/aromatic N) is 1. The molecule has 0 saturated heterocycles. The smallest absolute Gasteiger partial charge is 0.122 e. The molecule has 3 nitrogen and oxygen atoms in total. The molecule has 0 spiro atoms. The van der Waals surface area contributed by atoms with Crippen LogP contribution in [0.5, 0.6) is 0 Å². The summed E-state index contributed by atoms with van der Waals surface area (Å²) in [4.78, 5) is 5.42. The molecule has 98 valence electrons. The van der Waals surface area contributed by atoms with Crippen LogP contribution in [0.2, 0.25) is 0 Å². The number of pyridine rings is 1. The Bertz CT molecular complexity index is 576. The number of hydrogen-bond donors (Lipinski definition) is 2. The van der Waals surface area contributed by atoms with Gasteiger partial charge in [-0.15, -0.1) is 0 Å². The summed E-state index contributed by atoms with van der Waals surface area (Å²) < 4.78 is 0. The van der Waals surface area contributed by atoms with Crippen molar-refractivity contribution in [3.8, 4) is 0 Å². The number of aromatic nitrogens is 1. The Morgan fingerprint density at radius 3 is 2.47 bits per heavy atom. The van der Waals surface area contributed by atoms with Crippen molar-refractivity contribution in [3.63, 3.8) is 0 Å². The second-order valence-corrected chi connectivity index (χ2v) is 5.72. The zero-order chi connectivity index (χ0) is 13.8. The first-order chi connectivity index (χ1) is 9.06. The third-order valence-corrected chi connectivity index (χ3v) is 3.76. The van der Waals surface area contributed by atoms with Crippen LogP contribution in [0.25, 0.3) is 0 Å². The minimum absolute atomic E-state index is 0.0689. The molecule has 0 bridgehead atoms.